The van der Waals surface area contributed by atoms with Crippen LogP contribution < -0.4 is 9.47 Å². The molecule has 0 radical (unpaired) electrons. The van der Waals surface area contributed by atoms with Crippen molar-refractivity contribution >= 4 is 21.8 Å². The number of para-hydroxylation sites is 1. The van der Waals surface area contributed by atoms with E-state index in [-0.39, 0.29) is 0 Å². The first-order valence-electron chi connectivity index (χ1n) is 17.3. The molecule has 0 unspecified atom stereocenters. The molecule has 4 aromatic carbocycles. The predicted molar refractivity (Wildman–Crippen MR) is 201 cm³/mol. The minimum atomic E-state index is 0.753. The van der Waals surface area contributed by atoms with Crippen molar-refractivity contribution in [1.82, 2.24) is 19.3 Å². The van der Waals surface area contributed by atoms with Crippen molar-refractivity contribution < 1.29 is 9.47 Å². The third kappa shape index (κ3) is 5.97. The van der Waals surface area contributed by atoms with Gasteiger partial charge in [-0.2, -0.15) is 5.10 Å². The summed E-state index contributed by atoms with van der Waals surface area (Å²) in [6.07, 6.45) is 5.81. The number of hydrogen-bond acceptors (Lipinski definition) is 4. The van der Waals surface area contributed by atoms with Crippen LogP contribution in [0.25, 0.3) is 44.4 Å². The van der Waals surface area contributed by atoms with E-state index in [0.717, 1.165) is 87.5 Å². The maximum absolute atomic E-state index is 6.68. The van der Waals surface area contributed by atoms with Gasteiger partial charge in [0.15, 0.2) is 0 Å². The Morgan fingerprint density at radius 3 is 2.20 bits per heavy atom. The lowest BCUT2D eigenvalue weighted by Gasteiger charge is -2.16. The van der Waals surface area contributed by atoms with Gasteiger partial charge in [0.1, 0.15) is 23.1 Å². The molecule has 0 saturated carbocycles. The molecular weight excluding hydrogens is 604 g/mol. The lowest BCUT2D eigenvalue weighted by Crippen LogP contribution is -2.05. The van der Waals surface area contributed by atoms with Gasteiger partial charge < -0.3 is 9.47 Å². The molecule has 6 heteroatoms. The highest BCUT2D eigenvalue weighted by Crippen LogP contribution is 2.38. The number of rotatable bonds is 10. The molecular formula is C43H44N4O2. The molecule has 0 aliphatic rings. The Balaban J connectivity index is 1.34. The number of hydrogen-bond donors (Lipinski definition) is 0. The first kappa shape index (κ1) is 32.2. The lowest BCUT2D eigenvalue weighted by molar-refractivity contribution is 0.414. The molecule has 0 N–H and O–H groups in total. The summed E-state index contributed by atoms with van der Waals surface area (Å²) in [6, 6.07) is 29.6. The van der Waals surface area contributed by atoms with Crippen LogP contribution in [0.3, 0.4) is 0 Å². The first-order chi connectivity index (χ1) is 23.8. The second-order valence-corrected chi connectivity index (χ2v) is 13.1. The van der Waals surface area contributed by atoms with Crippen LogP contribution in [0.5, 0.6) is 17.2 Å². The topological polar surface area (TPSA) is 54.1 Å². The second kappa shape index (κ2) is 13.3. The Labute approximate surface area is 289 Å². The molecule has 0 aliphatic carbocycles. The standard InChI is InChI=1S/C43H44N4O2/c1-8-10-14-39-43(42-29(5)20-27(3)21-30(42)6)37(9-2)45-47(39)31-22-28(4)23-34(24-31)49-33-16-17-36-35-13-11-12-15-38(35)46(40(36)25-33)41-26-32(48-7)18-19-44-41/h11-13,15-26H,8-10,14H2,1-7H3. The van der Waals surface area contributed by atoms with Crippen molar-refractivity contribution in [2.45, 2.75) is 67.2 Å². The lowest BCUT2D eigenvalue weighted by atomic mass is 9.90. The first-order valence-corrected chi connectivity index (χ1v) is 17.3. The summed E-state index contributed by atoms with van der Waals surface area (Å²) in [4.78, 5) is 4.72. The van der Waals surface area contributed by atoms with Crippen LogP contribution >= 0.6 is 0 Å². The number of benzene rings is 4. The molecule has 0 bridgehead atoms. The van der Waals surface area contributed by atoms with E-state index in [1.54, 1.807) is 13.3 Å². The van der Waals surface area contributed by atoms with Gasteiger partial charge in [-0.15, -0.1) is 0 Å². The normalized spacial score (nSPS) is 11.5. The number of methoxy groups -OCH3 is 1. The van der Waals surface area contributed by atoms with E-state index in [4.69, 9.17) is 19.6 Å². The van der Waals surface area contributed by atoms with Gasteiger partial charge in [0, 0.05) is 40.7 Å². The molecule has 0 atom stereocenters. The fraction of sp³-hybridized carbons (Fsp3) is 0.256. The highest BCUT2D eigenvalue weighted by molar-refractivity contribution is 6.09. The Bertz CT molecular complexity index is 2300. The third-order valence-corrected chi connectivity index (χ3v) is 9.43. The van der Waals surface area contributed by atoms with E-state index in [1.807, 2.05) is 12.1 Å². The van der Waals surface area contributed by atoms with Crippen LogP contribution in [-0.4, -0.2) is 26.4 Å². The molecule has 0 spiro atoms. The van der Waals surface area contributed by atoms with Crippen LogP contribution in [0.2, 0.25) is 0 Å². The monoisotopic (exact) mass is 648 g/mol. The molecule has 0 aliphatic heterocycles. The molecule has 0 amide bonds. The van der Waals surface area contributed by atoms with Gasteiger partial charge in [-0.1, -0.05) is 56.2 Å². The SMILES string of the molecule is CCCCc1c(-c2c(C)cc(C)cc2C)c(CC)nn1-c1cc(C)cc(Oc2ccc3c4ccccc4n(-c4cc(OC)ccn4)c3c2)c1. The van der Waals surface area contributed by atoms with Crippen molar-refractivity contribution in [2.75, 3.05) is 7.11 Å². The summed E-state index contributed by atoms with van der Waals surface area (Å²) < 4.78 is 16.6. The average molecular weight is 649 g/mol. The zero-order valence-corrected chi connectivity index (χ0v) is 29.6. The highest BCUT2D eigenvalue weighted by Gasteiger charge is 2.23. The molecule has 248 valence electrons. The Hall–Kier alpha value is -5.36. The quantitative estimate of drug-likeness (QED) is 0.148. The number of aromatic nitrogens is 4. The van der Waals surface area contributed by atoms with E-state index in [0.29, 0.717) is 0 Å². The Morgan fingerprint density at radius 1 is 0.694 bits per heavy atom. The van der Waals surface area contributed by atoms with Crippen molar-refractivity contribution in [3.8, 4) is 39.9 Å². The average Bonchev–Trinajstić information content (AvgIpc) is 3.62. The number of fused-ring (bicyclic) bond motifs is 3. The molecule has 0 saturated heterocycles. The van der Waals surface area contributed by atoms with Gasteiger partial charge in [-0.25, -0.2) is 9.67 Å². The molecule has 49 heavy (non-hydrogen) atoms. The van der Waals surface area contributed by atoms with Crippen molar-refractivity contribution in [2.24, 2.45) is 0 Å². The van der Waals surface area contributed by atoms with Crippen molar-refractivity contribution in [3.05, 3.63) is 125 Å². The number of pyridine rings is 1. The molecule has 7 aromatic rings. The highest BCUT2D eigenvalue weighted by atomic mass is 16.5. The minimum absolute atomic E-state index is 0.753. The summed E-state index contributed by atoms with van der Waals surface area (Å²) in [5, 5.41) is 7.58. The molecule has 3 aromatic heterocycles. The third-order valence-electron chi connectivity index (χ3n) is 9.43. The van der Waals surface area contributed by atoms with E-state index in [1.165, 1.54) is 33.5 Å². The number of unbranched alkanes of at least 4 members (excludes halogenated alkanes) is 1. The second-order valence-electron chi connectivity index (χ2n) is 13.1. The van der Waals surface area contributed by atoms with E-state index in [9.17, 15) is 0 Å². The van der Waals surface area contributed by atoms with Gasteiger partial charge in [-0.3, -0.25) is 4.57 Å². The molecule has 3 heterocycles. The summed E-state index contributed by atoms with van der Waals surface area (Å²) >= 11 is 0. The molecule has 7 rings (SSSR count). The number of ether oxygens (including phenoxy) is 2. The maximum Gasteiger partial charge on any atom is 0.141 e. The Morgan fingerprint density at radius 2 is 1.45 bits per heavy atom. The fourth-order valence-corrected chi connectivity index (χ4v) is 7.36. The number of nitrogens with zero attached hydrogens (tertiary/aromatic N) is 4. The zero-order chi connectivity index (χ0) is 34.2. The summed E-state index contributed by atoms with van der Waals surface area (Å²) in [6.45, 7) is 13.2. The fourth-order valence-electron chi connectivity index (χ4n) is 7.36. The van der Waals surface area contributed by atoms with Crippen LogP contribution in [0.15, 0.2) is 91.1 Å². The zero-order valence-electron chi connectivity index (χ0n) is 29.6. The smallest absolute Gasteiger partial charge is 0.141 e. The minimum Gasteiger partial charge on any atom is -0.497 e. The van der Waals surface area contributed by atoms with Crippen LogP contribution in [0, 0.1) is 27.7 Å². The van der Waals surface area contributed by atoms with Crippen LogP contribution in [0.1, 0.15) is 60.3 Å². The van der Waals surface area contributed by atoms with Gasteiger partial charge in [0.05, 0.1) is 35.2 Å². The van der Waals surface area contributed by atoms with E-state index < -0.39 is 0 Å². The Kier molecular flexibility index (Phi) is 8.72. The van der Waals surface area contributed by atoms with Gasteiger partial charge in [-0.05, 0) is 106 Å². The summed E-state index contributed by atoms with van der Waals surface area (Å²) in [7, 11) is 1.68. The van der Waals surface area contributed by atoms with Crippen LogP contribution in [0.4, 0.5) is 0 Å². The van der Waals surface area contributed by atoms with Crippen LogP contribution in [-0.2, 0) is 12.8 Å². The van der Waals surface area contributed by atoms with E-state index >= 15 is 0 Å². The predicted octanol–water partition coefficient (Wildman–Crippen LogP) is 11.0. The van der Waals surface area contributed by atoms with E-state index in [2.05, 4.69) is 124 Å². The number of aryl methyl sites for hydroxylation is 5. The largest absolute Gasteiger partial charge is 0.497 e. The molecule has 0 fully saturated rings. The molecule has 6 nitrogen and oxygen atoms in total. The summed E-state index contributed by atoms with van der Waals surface area (Å²) in [5.74, 6) is 3.08. The van der Waals surface area contributed by atoms with Crippen molar-refractivity contribution in [1.29, 1.82) is 0 Å². The summed E-state index contributed by atoms with van der Waals surface area (Å²) in [5.41, 5.74) is 13.1. The van der Waals surface area contributed by atoms with Gasteiger partial charge in [0.2, 0.25) is 0 Å². The van der Waals surface area contributed by atoms with Crippen molar-refractivity contribution in [3.63, 3.8) is 0 Å². The maximum atomic E-state index is 6.68. The van der Waals surface area contributed by atoms with Gasteiger partial charge in [0.25, 0.3) is 0 Å². The van der Waals surface area contributed by atoms with Gasteiger partial charge >= 0.3 is 0 Å².